The summed E-state index contributed by atoms with van der Waals surface area (Å²) in [5, 5.41) is 8.14. The van der Waals surface area contributed by atoms with E-state index in [2.05, 4.69) is 40.1 Å². The van der Waals surface area contributed by atoms with Gasteiger partial charge >= 0.3 is 0 Å². The molecule has 1 fully saturated rings. The van der Waals surface area contributed by atoms with Crippen molar-refractivity contribution in [3.8, 4) is 0 Å². The molecule has 1 aromatic carbocycles. The van der Waals surface area contributed by atoms with Crippen molar-refractivity contribution in [1.82, 2.24) is 10.7 Å². The van der Waals surface area contributed by atoms with Crippen LogP contribution in [0.3, 0.4) is 0 Å². The van der Waals surface area contributed by atoms with E-state index < -0.39 is 0 Å². The van der Waals surface area contributed by atoms with E-state index >= 15 is 0 Å². The van der Waals surface area contributed by atoms with E-state index in [1.54, 1.807) is 0 Å². The van der Waals surface area contributed by atoms with Gasteiger partial charge in [0, 0.05) is 31.7 Å². The number of hydrazone groups is 1. The number of rotatable bonds is 3. The Hall–Kier alpha value is -1.46. The molecular formula is C15H19N3OS. The van der Waals surface area contributed by atoms with Crippen molar-refractivity contribution in [2.45, 2.75) is 31.8 Å². The van der Waals surface area contributed by atoms with E-state index in [1.165, 1.54) is 11.1 Å². The Balaban J connectivity index is 1.45. The highest BCUT2D eigenvalue weighted by atomic mass is 32.1. The van der Waals surface area contributed by atoms with Gasteiger partial charge in [-0.25, -0.2) is 0 Å². The maximum Gasteiger partial charge on any atom is 0.187 e. The van der Waals surface area contributed by atoms with Gasteiger partial charge in [0.05, 0.1) is 6.10 Å². The van der Waals surface area contributed by atoms with E-state index in [-0.39, 0.29) is 6.10 Å². The third-order valence-corrected chi connectivity index (χ3v) is 3.97. The van der Waals surface area contributed by atoms with Crippen molar-refractivity contribution in [2.75, 3.05) is 13.2 Å². The number of hydrogen-bond donors (Lipinski definition) is 2. The molecule has 106 valence electrons. The molecule has 0 radical (unpaired) electrons. The molecule has 0 saturated carbocycles. The predicted octanol–water partition coefficient (Wildman–Crippen LogP) is 1.78. The Bertz CT molecular complexity index is 497. The van der Waals surface area contributed by atoms with Gasteiger partial charge in [-0.2, -0.15) is 5.10 Å². The maximum atomic E-state index is 5.54. The molecule has 4 nitrogen and oxygen atoms in total. The fraction of sp³-hybridized carbons (Fsp3) is 0.467. The summed E-state index contributed by atoms with van der Waals surface area (Å²) in [7, 11) is 0. The molecule has 0 spiro atoms. The van der Waals surface area contributed by atoms with Gasteiger partial charge in [-0.05, 0) is 36.2 Å². The highest BCUT2D eigenvalue weighted by Crippen LogP contribution is 2.19. The van der Waals surface area contributed by atoms with Crippen LogP contribution in [0, 0.1) is 0 Å². The lowest BCUT2D eigenvalue weighted by atomic mass is 10.1. The van der Waals surface area contributed by atoms with Gasteiger partial charge < -0.3 is 10.1 Å². The summed E-state index contributed by atoms with van der Waals surface area (Å²) < 4.78 is 5.54. The average molecular weight is 289 g/mol. The first-order valence-corrected chi connectivity index (χ1v) is 7.50. The van der Waals surface area contributed by atoms with E-state index in [0.29, 0.717) is 5.11 Å². The summed E-state index contributed by atoms with van der Waals surface area (Å²) >= 11 is 5.22. The maximum absolute atomic E-state index is 5.54. The van der Waals surface area contributed by atoms with Gasteiger partial charge in [0.1, 0.15) is 0 Å². The lowest BCUT2D eigenvalue weighted by molar-refractivity contribution is 0.114. The zero-order chi connectivity index (χ0) is 13.8. The first-order valence-electron chi connectivity index (χ1n) is 7.09. The molecule has 1 saturated heterocycles. The summed E-state index contributed by atoms with van der Waals surface area (Å²) in [6, 6.07) is 8.46. The summed E-state index contributed by atoms with van der Waals surface area (Å²) in [5.74, 6) is 0. The van der Waals surface area contributed by atoms with Crippen LogP contribution in [0.15, 0.2) is 29.4 Å². The summed E-state index contributed by atoms with van der Waals surface area (Å²) in [5.41, 5.74) is 6.80. The van der Waals surface area contributed by atoms with Crippen molar-refractivity contribution in [3.63, 3.8) is 0 Å². The largest absolute Gasteiger partial charge is 0.376 e. The minimum atomic E-state index is 0.290. The average Bonchev–Trinajstić information content (AvgIpc) is 3.11. The third-order valence-electron chi connectivity index (χ3n) is 3.74. The second-order valence-electron chi connectivity index (χ2n) is 5.26. The number of nitrogens with one attached hydrogen (secondary N) is 2. The van der Waals surface area contributed by atoms with E-state index in [0.717, 1.165) is 44.5 Å². The normalized spacial score (nSPS) is 20.6. The second-order valence-corrected chi connectivity index (χ2v) is 5.67. The Morgan fingerprint density at radius 3 is 2.70 bits per heavy atom. The molecule has 1 heterocycles. The fourth-order valence-electron chi connectivity index (χ4n) is 2.66. The number of ether oxygens (including phenoxy) is 1. The van der Waals surface area contributed by atoms with Crippen LogP contribution in [0.25, 0.3) is 0 Å². The molecule has 1 atom stereocenters. The molecule has 1 aliphatic heterocycles. The summed E-state index contributed by atoms with van der Waals surface area (Å²) in [4.78, 5) is 0. The minimum absolute atomic E-state index is 0.290. The van der Waals surface area contributed by atoms with Crippen molar-refractivity contribution in [2.24, 2.45) is 5.10 Å². The number of hydrogen-bond acceptors (Lipinski definition) is 3. The van der Waals surface area contributed by atoms with Gasteiger partial charge in [0.2, 0.25) is 0 Å². The van der Waals surface area contributed by atoms with Crippen LogP contribution in [0.4, 0.5) is 0 Å². The lowest BCUT2D eigenvalue weighted by Gasteiger charge is -2.12. The van der Waals surface area contributed by atoms with E-state index in [9.17, 15) is 0 Å². The molecule has 0 aromatic heterocycles. The minimum Gasteiger partial charge on any atom is -0.376 e. The zero-order valence-electron chi connectivity index (χ0n) is 11.4. The molecular weight excluding hydrogens is 270 g/mol. The van der Waals surface area contributed by atoms with Crippen molar-refractivity contribution < 1.29 is 4.74 Å². The highest BCUT2D eigenvalue weighted by molar-refractivity contribution is 7.80. The van der Waals surface area contributed by atoms with Crippen molar-refractivity contribution in [3.05, 3.63) is 35.4 Å². The molecule has 0 bridgehead atoms. The molecule has 20 heavy (non-hydrogen) atoms. The van der Waals surface area contributed by atoms with Crippen LogP contribution in [-0.2, 0) is 17.6 Å². The fourth-order valence-corrected chi connectivity index (χ4v) is 2.79. The molecule has 3 rings (SSSR count). The lowest BCUT2D eigenvalue weighted by Crippen LogP contribution is -2.37. The van der Waals surface area contributed by atoms with Crippen LogP contribution < -0.4 is 10.7 Å². The number of benzene rings is 1. The molecule has 1 aliphatic carbocycles. The number of nitrogens with zero attached hydrogens (tertiary/aromatic N) is 1. The first kappa shape index (κ1) is 13.5. The van der Waals surface area contributed by atoms with Crippen LogP contribution in [-0.4, -0.2) is 30.1 Å². The van der Waals surface area contributed by atoms with Crippen molar-refractivity contribution in [1.29, 1.82) is 0 Å². The molecule has 2 aliphatic rings. The summed E-state index contributed by atoms with van der Waals surface area (Å²) in [6.45, 7) is 1.63. The van der Waals surface area contributed by atoms with Gasteiger partial charge in [-0.3, -0.25) is 5.43 Å². The van der Waals surface area contributed by atoms with Gasteiger partial charge in [0.15, 0.2) is 5.11 Å². The Kier molecular flexibility index (Phi) is 4.28. The quantitative estimate of drug-likeness (QED) is 0.658. The number of fused-ring (bicyclic) bond motifs is 1. The second kappa shape index (κ2) is 6.33. The highest BCUT2D eigenvalue weighted by Gasteiger charge is 2.17. The Morgan fingerprint density at radius 1 is 1.30 bits per heavy atom. The zero-order valence-corrected chi connectivity index (χ0v) is 12.2. The molecule has 1 aromatic rings. The van der Waals surface area contributed by atoms with Gasteiger partial charge in [-0.15, -0.1) is 0 Å². The van der Waals surface area contributed by atoms with E-state index in [4.69, 9.17) is 17.0 Å². The smallest absolute Gasteiger partial charge is 0.187 e. The third kappa shape index (κ3) is 3.35. The monoisotopic (exact) mass is 289 g/mol. The van der Waals surface area contributed by atoms with Crippen LogP contribution in [0.5, 0.6) is 0 Å². The Morgan fingerprint density at radius 2 is 2.05 bits per heavy atom. The SMILES string of the molecule is S=C(NC[C@@H]1CCCO1)NN=C1Cc2ccccc2C1. The standard InChI is InChI=1S/C15H19N3OS/c20-15(16-10-14-6-3-7-19-14)18-17-13-8-11-4-1-2-5-12(11)9-13/h1-2,4-5,14H,3,6-10H2,(H2,16,18,20)/t14-/m0/s1. The molecule has 2 N–H and O–H groups in total. The van der Waals surface area contributed by atoms with Crippen molar-refractivity contribution >= 4 is 23.0 Å². The Labute approximate surface area is 124 Å². The van der Waals surface area contributed by atoms with Crippen LogP contribution >= 0.6 is 12.2 Å². The molecule has 5 heteroatoms. The van der Waals surface area contributed by atoms with Crippen LogP contribution in [0.1, 0.15) is 24.0 Å². The van der Waals surface area contributed by atoms with Gasteiger partial charge in [0.25, 0.3) is 0 Å². The van der Waals surface area contributed by atoms with Crippen LogP contribution in [0.2, 0.25) is 0 Å². The van der Waals surface area contributed by atoms with E-state index in [1.807, 2.05) is 0 Å². The topological polar surface area (TPSA) is 45.6 Å². The summed E-state index contributed by atoms with van der Waals surface area (Å²) in [6.07, 6.45) is 4.37. The van der Waals surface area contributed by atoms with Gasteiger partial charge in [-0.1, -0.05) is 24.3 Å². The first-order chi connectivity index (χ1) is 9.81. The number of thiocarbonyl (C=S) groups is 1. The molecule has 0 unspecified atom stereocenters. The predicted molar refractivity (Wildman–Crippen MR) is 84.0 cm³/mol. The molecule has 0 amide bonds.